The molecule has 1 aromatic carbocycles. The van der Waals surface area contributed by atoms with E-state index in [-0.39, 0.29) is 17.5 Å². The molecule has 0 bridgehead atoms. The molecule has 0 fully saturated rings. The summed E-state index contributed by atoms with van der Waals surface area (Å²) in [5.41, 5.74) is 1.64. The van der Waals surface area contributed by atoms with Crippen molar-refractivity contribution < 1.29 is 9.59 Å². The van der Waals surface area contributed by atoms with Gasteiger partial charge in [0, 0.05) is 19.6 Å². The lowest BCUT2D eigenvalue weighted by molar-refractivity contribution is 0.0746. The third-order valence-electron chi connectivity index (χ3n) is 4.15. The van der Waals surface area contributed by atoms with Gasteiger partial charge in [-0.05, 0) is 31.0 Å². The Bertz CT molecular complexity index is 716. The Morgan fingerprint density at radius 2 is 1.69 bits per heavy atom. The number of nitrogens with zero attached hydrogens (tertiary/aromatic N) is 2. The topological polar surface area (TPSA) is 62.3 Å². The molecule has 0 saturated heterocycles. The first-order chi connectivity index (χ1) is 12.7. The first kappa shape index (κ1) is 19.6. The van der Waals surface area contributed by atoms with Gasteiger partial charge < -0.3 is 10.2 Å². The van der Waals surface area contributed by atoms with Crippen LogP contribution in [-0.4, -0.2) is 34.8 Å². The van der Waals surface area contributed by atoms with E-state index in [1.165, 1.54) is 0 Å². The molecule has 0 saturated carbocycles. The smallest absolute Gasteiger partial charge is 0.272 e. The van der Waals surface area contributed by atoms with E-state index in [4.69, 9.17) is 0 Å². The van der Waals surface area contributed by atoms with Crippen LogP contribution in [0.2, 0.25) is 0 Å². The number of aromatic nitrogens is 1. The summed E-state index contributed by atoms with van der Waals surface area (Å²) in [4.78, 5) is 31.0. The van der Waals surface area contributed by atoms with Crippen molar-refractivity contribution in [1.29, 1.82) is 0 Å². The quantitative estimate of drug-likeness (QED) is 0.700. The summed E-state index contributed by atoms with van der Waals surface area (Å²) in [5, 5.41) is 2.86. The molecule has 2 aromatic rings. The highest BCUT2D eigenvalue weighted by atomic mass is 16.2. The molecular formula is C21H27N3O2. The fourth-order valence-corrected chi connectivity index (χ4v) is 2.64. The summed E-state index contributed by atoms with van der Waals surface area (Å²) in [6.45, 7) is 5.77. The molecule has 0 radical (unpaired) electrons. The van der Waals surface area contributed by atoms with Crippen molar-refractivity contribution in [2.45, 2.75) is 39.7 Å². The van der Waals surface area contributed by atoms with Gasteiger partial charge in [0.25, 0.3) is 11.8 Å². The number of hydrogen-bond acceptors (Lipinski definition) is 3. The number of amides is 2. The minimum absolute atomic E-state index is 0.169. The predicted octanol–water partition coefficient (Wildman–Crippen LogP) is 3.66. The highest BCUT2D eigenvalue weighted by molar-refractivity contribution is 5.96. The van der Waals surface area contributed by atoms with E-state index in [0.29, 0.717) is 25.3 Å². The molecule has 0 aliphatic heterocycles. The molecule has 1 heterocycles. The molecule has 5 nitrogen and oxygen atoms in total. The summed E-state index contributed by atoms with van der Waals surface area (Å²) in [6, 6.07) is 14.8. The summed E-state index contributed by atoms with van der Waals surface area (Å²) in [6.07, 6.45) is 3.13. The summed E-state index contributed by atoms with van der Waals surface area (Å²) >= 11 is 0. The van der Waals surface area contributed by atoms with Crippen molar-refractivity contribution in [3.63, 3.8) is 0 Å². The number of nitrogens with one attached hydrogen (secondary N) is 1. The predicted molar refractivity (Wildman–Crippen MR) is 103 cm³/mol. The highest BCUT2D eigenvalue weighted by Gasteiger charge is 2.17. The van der Waals surface area contributed by atoms with E-state index in [9.17, 15) is 9.59 Å². The van der Waals surface area contributed by atoms with Crippen molar-refractivity contribution in [2.24, 2.45) is 0 Å². The van der Waals surface area contributed by atoms with E-state index >= 15 is 0 Å². The number of benzene rings is 1. The van der Waals surface area contributed by atoms with Crippen LogP contribution >= 0.6 is 0 Å². The summed E-state index contributed by atoms with van der Waals surface area (Å²) in [7, 11) is 0. The molecular weight excluding hydrogens is 326 g/mol. The molecule has 0 aliphatic rings. The number of carbonyl (C=O) groups excluding carboxylic acids is 2. The molecule has 1 aromatic heterocycles. The van der Waals surface area contributed by atoms with E-state index in [1.807, 2.05) is 37.3 Å². The lowest BCUT2D eigenvalue weighted by Gasteiger charge is -2.20. The monoisotopic (exact) mass is 353 g/mol. The number of rotatable bonds is 9. The van der Waals surface area contributed by atoms with Gasteiger partial charge in [-0.15, -0.1) is 0 Å². The molecule has 0 spiro atoms. The fraction of sp³-hybridized carbons (Fsp3) is 0.381. The van der Waals surface area contributed by atoms with Crippen LogP contribution < -0.4 is 5.32 Å². The standard InChI is InChI=1S/C21H27N3O2/c1-3-5-9-15-22-20(25)18-13-10-14-19(23-18)21(26)24(4-2)16-17-11-7-6-8-12-17/h6-8,10-14H,3-5,9,15-16H2,1-2H3,(H,22,25). The molecule has 0 aliphatic carbocycles. The maximum Gasteiger partial charge on any atom is 0.272 e. The van der Waals surface area contributed by atoms with Gasteiger partial charge in [-0.3, -0.25) is 9.59 Å². The van der Waals surface area contributed by atoms with Gasteiger partial charge in [-0.25, -0.2) is 4.98 Å². The summed E-state index contributed by atoms with van der Waals surface area (Å²) in [5.74, 6) is -0.404. The highest BCUT2D eigenvalue weighted by Crippen LogP contribution is 2.09. The number of hydrogen-bond donors (Lipinski definition) is 1. The van der Waals surface area contributed by atoms with Gasteiger partial charge in [0.1, 0.15) is 11.4 Å². The Kier molecular flexibility index (Phi) is 7.80. The molecule has 5 heteroatoms. The molecule has 0 unspecified atom stereocenters. The largest absolute Gasteiger partial charge is 0.351 e. The van der Waals surface area contributed by atoms with Crippen molar-refractivity contribution in [1.82, 2.24) is 15.2 Å². The van der Waals surface area contributed by atoms with Crippen molar-refractivity contribution in [3.8, 4) is 0 Å². The second-order valence-electron chi connectivity index (χ2n) is 6.18. The second kappa shape index (κ2) is 10.3. The number of unbranched alkanes of at least 4 members (excludes halogenated alkanes) is 2. The van der Waals surface area contributed by atoms with Gasteiger partial charge in [-0.1, -0.05) is 56.2 Å². The third kappa shape index (κ3) is 5.69. The molecule has 138 valence electrons. The Balaban J connectivity index is 2.04. The van der Waals surface area contributed by atoms with Crippen LogP contribution in [0.3, 0.4) is 0 Å². The van der Waals surface area contributed by atoms with Gasteiger partial charge in [0.05, 0.1) is 0 Å². The average Bonchev–Trinajstić information content (AvgIpc) is 2.69. The Hall–Kier alpha value is -2.69. The van der Waals surface area contributed by atoms with Gasteiger partial charge in [0.2, 0.25) is 0 Å². The SMILES string of the molecule is CCCCCNC(=O)c1cccc(C(=O)N(CC)Cc2ccccc2)n1. The third-order valence-corrected chi connectivity index (χ3v) is 4.15. The first-order valence-electron chi connectivity index (χ1n) is 9.24. The zero-order valence-corrected chi connectivity index (χ0v) is 15.6. The van der Waals surface area contributed by atoms with Crippen LogP contribution in [0.4, 0.5) is 0 Å². The minimum atomic E-state index is -0.234. The maximum atomic E-state index is 12.8. The Morgan fingerprint density at radius 3 is 2.38 bits per heavy atom. The summed E-state index contributed by atoms with van der Waals surface area (Å²) < 4.78 is 0. The van der Waals surface area contributed by atoms with Crippen LogP contribution in [0, 0.1) is 0 Å². The van der Waals surface area contributed by atoms with Crippen molar-refractivity contribution in [3.05, 3.63) is 65.5 Å². The molecule has 2 rings (SSSR count). The van der Waals surface area contributed by atoms with E-state index in [0.717, 1.165) is 24.8 Å². The van der Waals surface area contributed by atoms with Crippen LogP contribution in [0.15, 0.2) is 48.5 Å². The molecule has 0 atom stereocenters. The zero-order valence-electron chi connectivity index (χ0n) is 15.6. The Morgan fingerprint density at radius 1 is 0.962 bits per heavy atom. The van der Waals surface area contributed by atoms with Gasteiger partial charge >= 0.3 is 0 Å². The van der Waals surface area contributed by atoms with E-state index in [1.54, 1.807) is 23.1 Å². The molecule has 2 amide bonds. The zero-order chi connectivity index (χ0) is 18.8. The normalized spacial score (nSPS) is 10.4. The molecule has 26 heavy (non-hydrogen) atoms. The lowest BCUT2D eigenvalue weighted by Crippen LogP contribution is -2.32. The molecule has 1 N–H and O–H groups in total. The van der Waals surface area contributed by atoms with Crippen molar-refractivity contribution in [2.75, 3.05) is 13.1 Å². The van der Waals surface area contributed by atoms with Gasteiger partial charge in [0.15, 0.2) is 0 Å². The average molecular weight is 353 g/mol. The number of carbonyl (C=O) groups is 2. The van der Waals surface area contributed by atoms with Crippen LogP contribution in [0.1, 0.15) is 59.7 Å². The van der Waals surface area contributed by atoms with E-state index in [2.05, 4.69) is 17.2 Å². The van der Waals surface area contributed by atoms with Crippen LogP contribution in [0.25, 0.3) is 0 Å². The minimum Gasteiger partial charge on any atom is -0.351 e. The second-order valence-corrected chi connectivity index (χ2v) is 6.18. The van der Waals surface area contributed by atoms with Crippen LogP contribution in [0.5, 0.6) is 0 Å². The first-order valence-corrected chi connectivity index (χ1v) is 9.24. The Labute approximate surface area is 155 Å². The van der Waals surface area contributed by atoms with Gasteiger partial charge in [-0.2, -0.15) is 0 Å². The lowest BCUT2D eigenvalue weighted by atomic mass is 10.2. The van der Waals surface area contributed by atoms with Crippen molar-refractivity contribution >= 4 is 11.8 Å². The van der Waals surface area contributed by atoms with E-state index < -0.39 is 0 Å². The fourth-order valence-electron chi connectivity index (χ4n) is 2.64. The number of pyridine rings is 1. The maximum absolute atomic E-state index is 12.8. The van der Waals surface area contributed by atoms with Crippen LogP contribution in [-0.2, 0) is 6.54 Å².